The maximum atomic E-state index is 13.0. The van der Waals surface area contributed by atoms with Crippen molar-refractivity contribution >= 4 is 24.2 Å². The molecule has 0 spiro atoms. The van der Waals surface area contributed by atoms with E-state index < -0.39 is 0 Å². The molecule has 138 valence electrons. The molecule has 7 heteroatoms. The second-order valence-corrected chi connectivity index (χ2v) is 6.68. The van der Waals surface area contributed by atoms with Gasteiger partial charge >= 0.3 is 0 Å². The summed E-state index contributed by atoms with van der Waals surface area (Å²) in [7, 11) is 0. The van der Waals surface area contributed by atoms with E-state index in [2.05, 4.69) is 5.32 Å². The van der Waals surface area contributed by atoms with Crippen molar-refractivity contribution in [2.75, 3.05) is 39.3 Å². The van der Waals surface area contributed by atoms with Gasteiger partial charge in [-0.1, -0.05) is 6.92 Å². The predicted molar refractivity (Wildman–Crippen MR) is 96.3 cm³/mol. The average molecular weight is 370 g/mol. The van der Waals surface area contributed by atoms with Crippen molar-refractivity contribution in [3.63, 3.8) is 0 Å². The van der Waals surface area contributed by atoms with Crippen molar-refractivity contribution in [1.82, 2.24) is 15.1 Å². The molecule has 1 atom stereocenters. The summed E-state index contributed by atoms with van der Waals surface area (Å²) in [6, 6.07) is 5.62. The third-order valence-corrected chi connectivity index (χ3v) is 5.10. The van der Waals surface area contributed by atoms with Crippen LogP contribution in [0.5, 0.6) is 0 Å². The van der Waals surface area contributed by atoms with Crippen molar-refractivity contribution in [3.8, 4) is 0 Å². The van der Waals surface area contributed by atoms with Crippen LogP contribution < -0.4 is 5.32 Å². The maximum Gasteiger partial charge on any atom is 0.253 e. The van der Waals surface area contributed by atoms with Crippen molar-refractivity contribution in [2.45, 2.75) is 13.3 Å². The first-order valence-electron chi connectivity index (χ1n) is 8.60. The quantitative estimate of drug-likeness (QED) is 0.883. The summed E-state index contributed by atoms with van der Waals surface area (Å²) in [4.78, 5) is 28.8. The molecule has 2 aliphatic heterocycles. The van der Waals surface area contributed by atoms with Gasteiger partial charge in [-0.3, -0.25) is 9.59 Å². The van der Waals surface area contributed by atoms with E-state index in [1.807, 2.05) is 11.8 Å². The van der Waals surface area contributed by atoms with Gasteiger partial charge in [0.25, 0.3) is 5.91 Å². The molecule has 2 fully saturated rings. The smallest absolute Gasteiger partial charge is 0.253 e. The third kappa shape index (κ3) is 4.50. The van der Waals surface area contributed by atoms with Gasteiger partial charge in [0.15, 0.2) is 0 Å². The Morgan fingerprint density at radius 2 is 1.68 bits per heavy atom. The lowest BCUT2D eigenvalue weighted by molar-refractivity contribution is -0.137. The molecule has 0 saturated carbocycles. The highest BCUT2D eigenvalue weighted by molar-refractivity contribution is 5.94. The molecule has 0 aliphatic carbocycles. The predicted octanol–water partition coefficient (Wildman–Crippen LogP) is 1.78. The molecule has 2 saturated heterocycles. The van der Waals surface area contributed by atoms with E-state index in [-0.39, 0.29) is 36.0 Å². The summed E-state index contributed by atoms with van der Waals surface area (Å²) in [5.41, 5.74) is 0.491. The van der Waals surface area contributed by atoms with Gasteiger partial charge in [0.1, 0.15) is 5.82 Å². The van der Waals surface area contributed by atoms with Gasteiger partial charge < -0.3 is 15.1 Å². The van der Waals surface area contributed by atoms with E-state index in [0.29, 0.717) is 37.7 Å². The number of hydrogen-bond donors (Lipinski definition) is 1. The Bertz CT molecular complexity index is 607. The summed E-state index contributed by atoms with van der Waals surface area (Å²) in [6.07, 6.45) is 0.772. The van der Waals surface area contributed by atoms with Gasteiger partial charge in [-0.25, -0.2) is 4.39 Å². The van der Waals surface area contributed by atoms with Crippen LogP contribution in [0.3, 0.4) is 0 Å². The third-order valence-electron chi connectivity index (χ3n) is 5.10. The Hall–Kier alpha value is -1.66. The minimum atomic E-state index is -0.348. The normalized spacial score (nSPS) is 19.4. The molecular formula is C18H25ClFN3O2. The zero-order valence-electron chi connectivity index (χ0n) is 14.4. The molecule has 0 bridgehead atoms. The van der Waals surface area contributed by atoms with E-state index in [4.69, 9.17) is 0 Å². The first-order valence-corrected chi connectivity index (χ1v) is 8.60. The van der Waals surface area contributed by atoms with Crippen molar-refractivity contribution in [3.05, 3.63) is 35.6 Å². The Morgan fingerprint density at radius 3 is 2.28 bits per heavy atom. The molecule has 2 amide bonds. The summed E-state index contributed by atoms with van der Waals surface area (Å²) < 4.78 is 13.0. The van der Waals surface area contributed by atoms with Gasteiger partial charge in [0, 0.05) is 37.7 Å². The minimum absolute atomic E-state index is 0. The maximum absolute atomic E-state index is 13.0. The topological polar surface area (TPSA) is 52.7 Å². The lowest BCUT2D eigenvalue weighted by atomic mass is 9.88. The molecule has 1 aromatic rings. The number of halogens is 2. The van der Waals surface area contributed by atoms with E-state index in [0.717, 1.165) is 19.5 Å². The number of rotatable bonds is 3. The summed E-state index contributed by atoms with van der Waals surface area (Å²) in [5.74, 6) is 0.208. The number of nitrogens with zero attached hydrogens (tertiary/aromatic N) is 2. The molecule has 3 rings (SSSR count). The summed E-state index contributed by atoms with van der Waals surface area (Å²) in [5, 5.41) is 3.21. The highest BCUT2D eigenvalue weighted by Gasteiger charge is 2.32. The standard InChI is InChI=1S/C18H24FN3O2.ClH/c1-13(15-11-20-12-15)17(23)21-7-2-8-22(10-9-21)18(24)14-3-5-16(19)6-4-14;/h3-6,13,15,20H,2,7-12H2,1H3;1H. The second-order valence-electron chi connectivity index (χ2n) is 6.68. The molecular weight excluding hydrogens is 345 g/mol. The Kier molecular flexibility index (Phi) is 6.79. The molecule has 1 N–H and O–H groups in total. The van der Waals surface area contributed by atoms with E-state index in [1.54, 1.807) is 4.90 Å². The first kappa shape index (κ1) is 19.7. The Balaban J connectivity index is 0.00000225. The molecule has 25 heavy (non-hydrogen) atoms. The number of carbonyl (C=O) groups excluding carboxylic acids is 2. The lowest BCUT2D eigenvalue weighted by Gasteiger charge is -2.34. The number of amides is 2. The van der Waals surface area contributed by atoms with Gasteiger partial charge in [0.05, 0.1) is 0 Å². The number of nitrogens with one attached hydrogen (secondary N) is 1. The molecule has 2 heterocycles. The van der Waals surface area contributed by atoms with Crippen molar-refractivity contribution in [2.24, 2.45) is 11.8 Å². The van der Waals surface area contributed by atoms with E-state index >= 15 is 0 Å². The van der Waals surface area contributed by atoms with Crippen LogP contribution in [-0.4, -0.2) is 60.9 Å². The molecule has 1 unspecified atom stereocenters. The zero-order chi connectivity index (χ0) is 17.1. The Labute approximate surface area is 154 Å². The minimum Gasteiger partial charge on any atom is -0.341 e. The number of hydrogen-bond acceptors (Lipinski definition) is 3. The fourth-order valence-electron chi connectivity index (χ4n) is 3.27. The van der Waals surface area contributed by atoms with Gasteiger partial charge in [-0.15, -0.1) is 12.4 Å². The van der Waals surface area contributed by atoms with Crippen molar-refractivity contribution < 1.29 is 14.0 Å². The fourth-order valence-corrected chi connectivity index (χ4v) is 3.27. The van der Waals surface area contributed by atoms with Crippen LogP contribution >= 0.6 is 12.4 Å². The highest BCUT2D eigenvalue weighted by atomic mass is 35.5. The van der Waals surface area contributed by atoms with Gasteiger partial charge in [0.2, 0.25) is 5.91 Å². The van der Waals surface area contributed by atoms with Crippen LogP contribution in [-0.2, 0) is 4.79 Å². The van der Waals surface area contributed by atoms with Crippen LogP contribution in [0, 0.1) is 17.7 Å². The summed E-state index contributed by atoms with van der Waals surface area (Å²) in [6.45, 7) is 6.23. The van der Waals surface area contributed by atoms with Gasteiger partial charge in [-0.05, 0) is 49.7 Å². The first-order chi connectivity index (χ1) is 11.6. The number of carbonyl (C=O) groups is 2. The van der Waals surface area contributed by atoms with Crippen LogP contribution in [0.2, 0.25) is 0 Å². The molecule has 2 aliphatic rings. The van der Waals surface area contributed by atoms with E-state index in [9.17, 15) is 14.0 Å². The zero-order valence-corrected chi connectivity index (χ0v) is 15.2. The monoisotopic (exact) mass is 369 g/mol. The van der Waals surface area contributed by atoms with Crippen LogP contribution in [0.1, 0.15) is 23.7 Å². The SMILES string of the molecule is CC(C(=O)N1CCCN(C(=O)c2ccc(F)cc2)CC1)C1CNC1.Cl. The van der Waals surface area contributed by atoms with Gasteiger partial charge in [-0.2, -0.15) is 0 Å². The lowest BCUT2D eigenvalue weighted by Crippen LogP contribution is -2.51. The van der Waals surface area contributed by atoms with E-state index in [1.165, 1.54) is 24.3 Å². The van der Waals surface area contributed by atoms with Crippen LogP contribution in [0.15, 0.2) is 24.3 Å². The van der Waals surface area contributed by atoms with Crippen LogP contribution in [0.25, 0.3) is 0 Å². The fraction of sp³-hybridized carbons (Fsp3) is 0.556. The summed E-state index contributed by atoms with van der Waals surface area (Å²) >= 11 is 0. The Morgan fingerprint density at radius 1 is 1.08 bits per heavy atom. The number of benzene rings is 1. The molecule has 0 aromatic heterocycles. The second kappa shape index (κ2) is 8.63. The average Bonchev–Trinajstić information content (AvgIpc) is 2.78. The highest BCUT2D eigenvalue weighted by Crippen LogP contribution is 2.20. The molecule has 5 nitrogen and oxygen atoms in total. The largest absolute Gasteiger partial charge is 0.341 e. The van der Waals surface area contributed by atoms with Crippen LogP contribution in [0.4, 0.5) is 4.39 Å². The molecule has 1 aromatic carbocycles. The van der Waals surface area contributed by atoms with Crippen molar-refractivity contribution in [1.29, 1.82) is 0 Å². The molecule has 0 radical (unpaired) electrons.